The van der Waals surface area contributed by atoms with Gasteiger partial charge in [0.05, 0.1) is 17.9 Å². The molecule has 2 heterocycles. The highest BCUT2D eigenvalue weighted by Gasteiger charge is 2.22. The van der Waals surface area contributed by atoms with E-state index in [-0.39, 0.29) is 36.3 Å². The maximum absolute atomic E-state index is 14.1. The molecule has 0 atom stereocenters. The number of aromatic nitrogens is 1. The van der Waals surface area contributed by atoms with Gasteiger partial charge in [-0.05, 0) is 42.8 Å². The minimum atomic E-state index is -0.414. The van der Waals surface area contributed by atoms with E-state index in [1.54, 1.807) is 17.0 Å². The van der Waals surface area contributed by atoms with Crippen LogP contribution in [0, 0.1) is 11.6 Å². The average Bonchev–Trinajstić information content (AvgIpc) is 3.22. The van der Waals surface area contributed by atoms with Crippen molar-refractivity contribution in [3.05, 3.63) is 54.1 Å². The summed E-state index contributed by atoms with van der Waals surface area (Å²) in [6.07, 6.45) is 0.737. The van der Waals surface area contributed by atoms with E-state index in [2.05, 4.69) is 9.88 Å². The van der Waals surface area contributed by atoms with Gasteiger partial charge in [0.1, 0.15) is 22.9 Å². The molecule has 32 heavy (non-hydrogen) atoms. The Kier molecular flexibility index (Phi) is 8.75. The first-order chi connectivity index (χ1) is 15.1. The standard InChI is InChI=1S/C22H23F2N3O3S.ClH/c23-16-5-7-17(8-6-16)30-15-20(28)27(10-2-9-26-11-13-29-14-12-26)22-25-21-18(24)3-1-4-19(21)31-22;/h1,3-8H,2,9-15H2;1H. The Morgan fingerprint density at radius 1 is 1.16 bits per heavy atom. The number of halogens is 3. The zero-order chi connectivity index (χ0) is 21.6. The highest BCUT2D eigenvalue weighted by atomic mass is 35.5. The van der Waals surface area contributed by atoms with Crippen molar-refractivity contribution >= 4 is 45.0 Å². The molecule has 0 radical (unpaired) electrons. The first kappa shape index (κ1) is 24.3. The van der Waals surface area contributed by atoms with Crippen LogP contribution in [0.2, 0.25) is 0 Å². The van der Waals surface area contributed by atoms with E-state index in [9.17, 15) is 13.6 Å². The molecule has 3 aromatic rings. The molecule has 4 rings (SSSR count). The number of anilines is 1. The predicted molar refractivity (Wildman–Crippen MR) is 123 cm³/mol. The lowest BCUT2D eigenvalue weighted by atomic mass is 10.3. The molecule has 172 valence electrons. The van der Waals surface area contributed by atoms with Crippen LogP contribution in [0.5, 0.6) is 5.75 Å². The summed E-state index contributed by atoms with van der Waals surface area (Å²) in [5.41, 5.74) is 0.257. The number of benzene rings is 2. The summed E-state index contributed by atoms with van der Waals surface area (Å²) >= 11 is 1.27. The monoisotopic (exact) mass is 483 g/mol. The van der Waals surface area contributed by atoms with Gasteiger partial charge in [0, 0.05) is 26.2 Å². The Balaban J connectivity index is 0.00000289. The van der Waals surface area contributed by atoms with E-state index in [0.29, 0.717) is 35.3 Å². The summed E-state index contributed by atoms with van der Waals surface area (Å²) in [6, 6.07) is 10.3. The van der Waals surface area contributed by atoms with Crippen LogP contribution in [-0.2, 0) is 9.53 Å². The van der Waals surface area contributed by atoms with Crippen LogP contribution in [0.1, 0.15) is 6.42 Å². The summed E-state index contributed by atoms with van der Waals surface area (Å²) in [5, 5.41) is 0.440. The summed E-state index contributed by atoms with van der Waals surface area (Å²) in [7, 11) is 0. The van der Waals surface area contributed by atoms with Gasteiger partial charge in [0.25, 0.3) is 5.91 Å². The fraction of sp³-hybridized carbons (Fsp3) is 0.364. The molecule has 2 aromatic carbocycles. The van der Waals surface area contributed by atoms with Crippen molar-refractivity contribution in [1.82, 2.24) is 9.88 Å². The third-order valence-corrected chi connectivity index (χ3v) is 6.07. The molecular formula is C22H24ClF2N3O3S. The third-order valence-electron chi connectivity index (χ3n) is 5.03. The summed E-state index contributed by atoms with van der Waals surface area (Å²) < 4.78 is 38.8. The van der Waals surface area contributed by atoms with Crippen molar-refractivity contribution in [3.63, 3.8) is 0 Å². The lowest BCUT2D eigenvalue weighted by Gasteiger charge is -2.27. The van der Waals surface area contributed by atoms with Crippen LogP contribution < -0.4 is 9.64 Å². The number of fused-ring (bicyclic) bond motifs is 1. The molecule has 1 aliphatic rings. The van der Waals surface area contributed by atoms with Crippen molar-refractivity contribution in [1.29, 1.82) is 0 Å². The molecule has 1 aliphatic heterocycles. The molecule has 1 aromatic heterocycles. The first-order valence-corrected chi connectivity index (χ1v) is 11.0. The fourth-order valence-corrected chi connectivity index (χ4v) is 4.40. The number of nitrogens with zero attached hydrogens (tertiary/aromatic N) is 3. The molecule has 1 saturated heterocycles. The van der Waals surface area contributed by atoms with Gasteiger partial charge in [0.2, 0.25) is 0 Å². The quantitative estimate of drug-likeness (QED) is 0.482. The Morgan fingerprint density at radius 2 is 1.91 bits per heavy atom. The van der Waals surface area contributed by atoms with E-state index in [0.717, 1.165) is 26.1 Å². The SMILES string of the molecule is Cl.O=C(COc1ccc(F)cc1)N(CCCN1CCOCC1)c1nc2c(F)cccc2s1. The van der Waals surface area contributed by atoms with Gasteiger partial charge in [-0.3, -0.25) is 14.6 Å². The van der Waals surface area contributed by atoms with Crippen LogP contribution in [0.15, 0.2) is 42.5 Å². The average molecular weight is 484 g/mol. The summed E-state index contributed by atoms with van der Waals surface area (Å²) in [5.74, 6) is -0.674. The minimum absolute atomic E-state index is 0. The second kappa shape index (κ2) is 11.5. The van der Waals surface area contributed by atoms with Gasteiger partial charge < -0.3 is 9.47 Å². The number of carbonyl (C=O) groups is 1. The number of amides is 1. The van der Waals surface area contributed by atoms with Crippen molar-refractivity contribution in [2.75, 3.05) is 50.9 Å². The van der Waals surface area contributed by atoms with Crippen LogP contribution in [-0.4, -0.2) is 61.8 Å². The third kappa shape index (κ3) is 6.13. The van der Waals surface area contributed by atoms with E-state index < -0.39 is 5.82 Å². The van der Waals surface area contributed by atoms with E-state index in [1.807, 2.05) is 0 Å². The predicted octanol–water partition coefficient (Wildman–Crippen LogP) is 4.13. The molecule has 0 saturated carbocycles. The lowest BCUT2D eigenvalue weighted by Crippen LogP contribution is -2.40. The number of ether oxygens (including phenoxy) is 2. The Hall–Kier alpha value is -2.33. The number of carbonyl (C=O) groups excluding carboxylic acids is 1. The molecule has 0 spiro atoms. The maximum Gasteiger partial charge on any atom is 0.266 e. The molecule has 0 unspecified atom stereocenters. The number of hydrogen-bond donors (Lipinski definition) is 0. The molecule has 6 nitrogen and oxygen atoms in total. The molecule has 1 amide bonds. The smallest absolute Gasteiger partial charge is 0.266 e. The van der Waals surface area contributed by atoms with Gasteiger partial charge in [-0.15, -0.1) is 12.4 Å². The number of rotatable bonds is 8. The number of hydrogen-bond acceptors (Lipinski definition) is 6. The Bertz CT molecular complexity index is 1030. The van der Waals surface area contributed by atoms with Crippen LogP contribution in [0.4, 0.5) is 13.9 Å². The number of thiazole rings is 1. The molecule has 1 fully saturated rings. The summed E-state index contributed by atoms with van der Waals surface area (Å²) in [4.78, 5) is 21.2. The van der Waals surface area contributed by atoms with Crippen molar-refractivity contribution in [2.24, 2.45) is 0 Å². The van der Waals surface area contributed by atoms with Crippen molar-refractivity contribution < 1.29 is 23.0 Å². The second-order valence-corrected chi connectivity index (χ2v) is 8.19. The van der Waals surface area contributed by atoms with Gasteiger partial charge in [-0.2, -0.15) is 0 Å². The van der Waals surface area contributed by atoms with Gasteiger partial charge in [0.15, 0.2) is 11.7 Å². The highest BCUT2D eigenvalue weighted by molar-refractivity contribution is 7.22. The zero-order valence-electron chi connectivity index (χ0n) is 17.3. The lowest BCUT2D eigenvalue weighted by molar-refractivity contribution is -0.120. The van der Waals surface area contributed by atoms with Crippen LogP contribution in [0.3, 0.4) is 0 Å². The molecular weight excluding hydrogens is 460 g/mol. The van der Waals surface area contributed by atoms with Crippen LogP contribution >= 0.6 is 23.7 Å². The van der Waals surface area contributed by atoms with E-state index in [1.165, 1.54) is 41.7 Å². The van der Waals surface area contributed by atoms with Gasteiger partial charge >= 0.3 is 0 Å². The topological polar surface area (TPSA) is 54.9 Å². The van der Waals surface area contributed by atoms with Crippen molar-refractivity contribution in [2.45, 2.75) is 6.42 Å². The largest absolute Gasteiger partial charge is 0.484 e. The van der Waals surface area contributed by atoms with Gasteiger partial charge in [-0.25, -0.2) is 13.8 Å². The van der Waals surface area contributed by atoms with Crippen LogP contribution in [0.25, 0.3) is 10.2 Å². The number of morpholine rings is 1. The van der Waals surface area contributed by atoms with Gasteiger partial charge in [-0.1, -0.05) is 17.4 Å². The zero-order valence-corrected chi connectivity index (χ0v) is 19.0. The molecule has 0 N–H and O–H groups in total. The fourth-order valence-electron chi connectivity index (χ4n) is 3.38. The summed E-state index contributed by atoms with van der Waals surface area (Å²) in [6.45, 7) is 4.20. The Morgan fingerprint density at radius 3 is 2.62 bits per heavy atom. The molecule has 0 aliphatic carbocycles. The molecule has 10 heteroatoms. The maximum atomic E-state index is 14.1. The van der Waals surface area contributed by atoms with E-state index >= 15 is 0 Å². The normalized spacial score (nSPS) is 14.2. The Labute approximate surface area is 195 Å². The second-order valence-electron chi connectivity index (χ2n) is 7.18. The molecule has 0 bridgehead atoms. The van der Waals surface area contributed by atoms with E-state index in [4.69, 9.17) is 9.47 Å². The minimum Gasteiger partial charge on any atom is -0.484 e. The van der Waals surface area contributed by atoms with Crippen molar-refractivity contribution in [3.8, 4) is 5.75 Å². The highest BCUT2D eigenvalue weighted by Crippen LogP contribution is 2.30. The first-order valence-electron chi connectivity index (χ1n) is 10.1. The number of para-hydroxylation sites is 1.